The van der Waals surface area contributed by atoms with Crippen molar-refractivity contribution in [3.63, 3.8) is 0 Å². The molecule has 5 nitrogen and oxygen atoms in total. The number of nitrogens with zero attached hydrogens (tertiary/aromatic N) is 3. The number of ether oxygens (including phenoxy) is 1. The molecule has 1 N–H and O–H groups in total. The zero-order chi connectivity index (χ0) is 17.2. The average molecular weight is 327 g/mol. The molecule has 0 radical (unpaired) electrons. The molecule has 1 saturated heterocycles. The first-order valence-corrected chi connectivity index (χ1v) is 9.30. The summed E-state index contributed by atoms with van der Waals surface area (Å²) in [5.74, 6) is 1.54. The summed E-state index contributed by atoms with van der Waals surface area (Å²) in [5, 5.41) is 3.50. The van der Waals surface area contributed by atoms with Crippen LogP contribution < -0.4 is 5.32 Å². The second-order valence-electron chi connectivity index (χ2n) is 6.81. The van der Waals surface area contributed by atoms with Crippen LogP contribution in [-0.4, -0.2) is 74.8 Å². The van der Waals surface area contributed by atoms with Gasteiger partial charge in [-0.3, -0.25) is 9.89 Å². The highest BCUT2D eigenvalue weighted by Crippen LogP contribution is 2.17. The van der Waals surface area contributed by atoms with Gasteiger partial charge in [0.05, 0.1) is 6.10 Å². The average Bonchev–Trinajstić information content (AvgIpc) is 2.97. The Balaban J connectivity index is 2.40. The van der Waals surface area contributed by atoms with Crippen LogP contribution in [0.5, 0.6) is 0 Å². The van der Waals surface area contributed by atoms with Gasteiger partial charge in [-0.15, -0.1) is 0 Å². The third kappa shape index (κ3) is 6.68. The highest BCUT2D eigenvalue weighted by molar-refractivity contribution is 5.79. The van der Waals surface area contributed by atoms with Crippen LogP contribution in [0.1, 0.15) is 47.0 Å². The van der Waals surface area contributed by atoms with Crippen molar-refractivity contribution in [1.29, 1.82) is 0 Å². The number of hydrogen-bond donors (Lipinski definition) is 1. The molecular weight excluding hydrogens is 288 g/mol. The molecule has 2 unspecified atom stereocenters. The maximum atomic E-state index is 5.82. The first kappa shape index (κ1) is 20.2. The van der Waals surface area contributed by atoms with Crippen molar-refractivity contribution in [1.82, 2.24) is 15.1 Å². The van der Waals surface area contributed by atoms with Gasteiger partial charge in [0, 0.05) is 39.8 Å². The van der Waals surface area contributed by atoms with Crippen LogP contribution in [0, 0.1) is 5.92 Å². The quantitative estimate of drug-likeness (QED) is 0.522. The summed E-state index contributed by atoms with van der Waals surface area (Å²) in [4.78, 5) is 9.29. The van der Waals surface area contributed by atoms with E-state index in [4.69, 9.17) is 4.74 Å². The molecule has 0 amide bonds. The van der Waals surface area contributed by atoms with Crippen molar-refractivity contribution in [2.24, 2.45) is 10.9 Å². The summed E-state index contributed by atoms with van der Waals surface area (Å²) in [7, 11) is 4.01. The van der Waals surface area contributed by atoms with Crippen molar-refractivity contribution >= 4 is 5.96 Å². The molecule has 1 fully saturated rings. The lowest BCUT2D eigenvalue weighted by Gasteiger charge is -2.30. The van der Waals surface area contributed by atoms with E-state index in [1.165, 1.54) is 19.4 Å². The molecule has 2 atom stereocenters. The molecule has 0 saturated carbocycles. The fraction of sp³-hybridized carbons (Fsp3) is 0.944. The Morgan fingerprint density at radius 2 is 2.13 bits per heavy atom. The van der Waals surface area contributed by atoms with Crippen LogP contribution >= 0.6 is 0 Å². The molecule has 1 aliphatic heterocycles. The van der Waals surface area contributed by atoms with E-state index < -0.39 is 0 Å². The van der Waals surface area contributed by atoms with Gasteiger partial charge in [0.15, 0.2) is 5.96 Å². The van der Waals surface area contributed by atoms with Gasteiger partial charge in [-0.2, -0.15) is 0 Å². The fourth-order valence-electron chi connectivity index (χ4n) is 3.45. The van der Waals surface area contributed by atoms with E-state index in [1.807, 2.05) is 7.05 Å². The van der Waals surface area contributed by atoms with Gasteiger partial charge in [0.1, 0.15) is 0 Å². The lowest BCUT2D eigenvalue weighted by molar-refractivity contribution is 0.0257. The number of nitrogens with one attached hydrogen (secondary N) is 1. The van der Waals surface area contributed by atoms with E-state index in [9.17, 15) is 0 Å². The zero-order valence-corrected chi connectivity index (χ0v) is 16.1. The zero-order valence-electron chi connectivity index (χ0n) is 16.1. The van der Waals surface area contributed by atoms with Crippen molar-refractivity contribution in [3.8, 4) is 0 Å². The first-order valence-electron chi connectivity index (χ1n) is 9.30. The van der Waals surface area contributed by atoms with Gasteiger partial charge >= 0.3 is 0 Å². The molecule has 136 valence electrons. The van der Waals surface area contributed by atoms with Crippen LogP contribution in [0.25, 0.3) is 0 Å². The minimum absolute atomic E-state index is 0.321. The summed E-state index contributed by atoms with van der Waals surface area (Å²) < 4.78 is 5.82. The molecule has 5 heteroatoms. The SMILES string of the molecule is CCOC(CCNC(=NC)N(C)CC1CCCN1CC)C(C)C. The summed E-state index contributed by atoms with van der Waals surface area (Å²) in [6.45, 7) is 13.9. The molecule has 0 aliphatic carbocycles. The van der Waals surface area contributed by atoms with Gasteiger partial charge in [0.25, 0.3) is 0 Å². The fourth-order valence-corrected chi connectivity index (χ4v) is 3.45. The van der Waals surface area contributed by atoms with Gasteiger partial charge < -0.3 is 15.0 Å². The van der Waals surface area contributed by atoms with E-state index in [2.05, 4.69) is 54.9 Å². The molecule has 0 aromatic heterocycles. The van der Waals surface area contributed by atoms with Gasteiger partial charge in [-0.25, -0.2) is 0 Å². The third-order valence-electron chi connectivity index (χ3n) is 4.80. The molecule has 0 bridgehead atoms. The number of aliphatic imine (C=N–C) groups is 1. The molecular formula is C18H38N4O. The maximum Gasteiger partial charge on any atom is 0.193 e. The van der Waals surface area contributed by atoms with Crippen molar-refractivity contribution in [3.05, 3.63) is 0 Å². The second-order valence-corrected chi connectivity index (χ2v) is 6.81. The number of likely N-dealkylation sites (tertiary alicyclic amines) is 1. The molecule has 1 aliphatic rings. The predicted octanol–water partition coefficient (Wildman–Crippen LogP) is 2.43. The Morgan fingerprint density at radius 3 is 2.70 bits per heavy atom. The molecule has 0 spiro atoms. The molecule has 23 heavy (non-hydrogen) atoms. The maximum absolute atomic E-state index is 5.82. The number of likely N-dealkylation sites (N-methyl/N-ethyl adjacent to an activating group) is 2. The number of guanidine groups is 1. The van der Waals surface area contributed by atoms with E-state index in [-0.39, 0.29) is 0 Å². The van der Waals surface area contributed by atoms with E-state index in [1.54, 1.807) is 0 Å². The first-order chi connectivity index (χ1) is 11.0. The van der Waals surface area contributed by atoms with Crippen LogP contribution in [0.15, 0.2) is 4.99 Å². The normalized spacial score (nSPS) is 21.0. The molecule has 0 aromatic rings. The van der Waals surface area contributed by atoms with Gasteiger partial charge in [-0.1, -0.05) is 20.8 Å². The molecule has 0 aromatic carbocycles. The Bertz CT molecular complexity index is 346. The van der Waals surface area contributed by atoms with Crippen molar-refractivity contribution in [2.45, 2.75) is 59.1 Å². The van der Waals surface area contributed by atoms with Gasteiger partial charge in [-0.05, 0) is 45.2 Å². The largest absolute Gasteiger partial charge is 0.378 e. The van der Waals surface area contributed by atoms with E-state index >= 15 is 0 Å². The van der Waals surface area contributed by atoms with Crippen LogP contribution in [0.2, 0.25) is 0 Å². The lowest BCUT2D eigenvalue weighted by atomic mass is 10.0. The number of rotatable bonds is 9. The van der Waals surface area contributed by atoms with Crippen molar-refractivity contribution < 1.29 is 4.74 Å². The Kier molecular flexibility index (Phi) is 9.56. The topological polar surface area (TPSA) is 40.1 Å². The van der Waals surface area contributed by atoms with Gasteiger partial charge in [0.2, 0.25) is 0 Å². The summed E-state index contributed by atoms with van der Waals surface area (Å²) in [5.41, 5.74) is 0. The Morgan fingerprint density at radius 1 is 1.39 bits per heavy atom. The Labute approximate surface area is 143 Å². The Hall–Kier alpha value is -0.810. The summed E-state index contributed by atoms with van der Waals surface area (Å²) in [6, 6.07) is 0.662. The highest BCUT2D eigenvalue weighted by Gasteiger charge is 2.25. The van der Waals surface area contributed by atoms with Crippen molar-refractivity contribution in [2.75, 3.05) is 46.9 Å². The third-order valence-corrected chi connectivity index (χ3v) is 4.80. The summed E-state index contributed by atoms with van der Waals surface area (Å²) >= 11 is 0. The van der Waals surface area contributed by atoms with Crippen LogP contribution in [-0.2, 0) is 4.74 Å². The van der Waals surface area contributed by atoms with E-state index in [0.29, 0.717) is 18.1 Å². The van der Waals surface area contributed by atoms with Crippen LogP contribution in [0.4, 0.5) is 0 Å². The minimum Gasteiger partial charge on any atom is -0.378 e. The second kappa shape index (κ2) is 10.9. The van der Waals surface area contributed by atoms with E-state index in [0.717, 1.165) is 38.6 Å². The summed E-state index contributed by atoms with van der Waals surface area (Å²) in [6.07, 6.45) is 3.96. The molecule has 1 rings (SSSR count). The molecule has 1 heterocycles. The smallest absolute Gasteiger partial charge is 0.193 e. The predicted molar refractivity (Wildman–Crippen MR) is 99.1 cm³/mol. The standard InChI is InChI=1S/C18H38N4O/c1-7-22-13-9-10-16(22)14-21(6)18(19-5)20-12-11-17(15(3)4)23-8-2/h15-17H,7-14H2,1-6H3,(H,19,20). The lowest BCUT2D eigenvalue weighted by Crippen LogP contribution is -2.46. The highest BCUT2D eigenvalue weighted by atomic mass is 16.5. The van der Waals surface area contributed by atoms with Crippen LogP contribution in [0.3, 0.4) is 0 Å². The number of hydrogen-bond acceptors (Lipinski definition) is 3. The minimum atomic E-state index is 0.321. The monoisotopic (exact) mass is 326 g/mol.